The van der Waals surface area contributed by atoms with Crippen molar-refractivity contribution in [3.05, 3.63) is 52.3 Å². The van der Waals surface area contributed by atoms with Gasteiger partial charge in [0.15, 0.2) is 0 Å². The molecule has 0 aliphatic heterocycles. The van der Waals surface area contributed by atoms with Crippen LogP contribution in [0.25, 0.3) is 0 Å². The van der Waals surface area contributed by atoms with Crippen LogP contribution in [0.1, 0.15) is 5.56 Å². The van der Waals surface area contributed by atoms with Crippen LogP contribution in [-0.4, -0.2) is 21.2 Å². The van der Waals surface area contributed by atoms with Crippen LogP contribution in [-0.2, 0) is 13.5 Å². The van der Waals surface area contributed by atoms with Crippen molar-refractivity contribution < 1.29 is 4.92 Å². The Morgan fingerprint density at radius 3 is 2.89 bits per heavy atom. The van der Waals surface area contributed by atoms with E-state index in [0.29, 0.717) is 12.2 Å². The molecule has 6 nitrogen and oxygen atoms in total. The second-order valence-electron chi connectivity index (χ2n) is 3.97. The summed E-state index contributed by atoms with van der Waals surface area (Å²) >= 11 is 0. The first-order chi connectivity index (χ1) is 8.66. The Bertz CT molecular complexity index is 551. The van der Waals surface area contributed by atoms with Crippen LogP contribution in [0.15, 0.2) is 36.7 Å². The first-order valence-electron chi connectivity index (χ1n) is 5.61. The summed E-state index contributed by atoms with van der Waals surface area (Å²) in [5.74, 6) is 0. The van der Waals surface area contributed by atoms with E-state index in [4.69, 9.17) is 0 Å². The Morgan fingerprint density at radius 1 is 1.44 bits per heavy atom. The minimum atomic E-state index is -0.383. The number of hydrogen-bond donors (Lipinski definition) is 1. The lowest BCUT2D eigenvalue weighted by molar-refractivity contribution is -0.384. The Morgan fingerprint density at radius 2 is 2.22 bits per heavy atom. The van der Waals surface area contributed by atoms with E-state index in [1.165, 1.54) is 6.07 Å². The van der Waals surface area contributed by atoms with Crippen molar-refractivity contribution in [2.24, 2.45) is 7.05 Å². The van der Waals surface area contributed by atoms with Gasteiger partial charge in [0, 0.05) is 25.9 Å². The predicted molar refractivity (Wildman–Crippen MR) is 68.5 cm³/mol. The van der Waals surface area contributed by atoms with Crippen LogP contribution < -0.4 is 5.32 Å². The number of benzene rings is 1. The van der Waals surface area contributed by atoms with Crippen molar-refractivity contribution in [3.8, 4) is 0 Å². The topological polar surface area (TPSA) is 73.0 Å². The molecule has 0 unspecified atom stereocenters. The fourth-order valence-corrected chi connectivity index (χ4v) is 1.72. The van der Waals surface area contributed by atoms with Crippen molar-refractivity contribution in [2.75, 3.05) is 11.9 Å². The largest absolute Gasteiger partial charge is 0.379 e. The molecule has 0 fully saturated rings. The molecular formula is C12H14N4O2. The molecule has 0 atom stereocenters. The van der Waals surface area contributed by atoms with Crippen LogP contribution in [0.5, 0.6) is 0 Å². The standard InChI is InChI=1S/C12H14N4O2/c1-15-9-10(8-14-15)6-7-13-11-4-2-3-5-12(11)16(17)18/h2-5,8-9,13H,6-7H2,1H3. The molecule has 0 radical (unpaired) electrons. The molecule has 0 amide bonds. The number of anilines is 1. The van der Waals surface area contributed by atoms with Crippen molar-refractivity contribution >= 4 is 11.4 Å². The van der Waals surface area contributed by atoms with E-state index in [-0.39, 0.29) is 10.6 Å². The second-order valence-corrected chi connectivity index (χ2v) is 3.97. The molecule has 6 heteroatoms. The minimum absolute atomic E-state index is 0.101. The van der Waals surface area contributed by atoms with Crippen LogP contribution in [0.3, 0.4) is 0 Å². The molecule has 18 heavy (non-hydrogen) atoms. The predicted octanol–water partition coefficient (Wildman–Crippen LogP) is 1.98. The summed E-state index contributed by atoms with van der Waals surface area (Å²) in [6.45, 7) is 0.635. The summed E-state index contributed by atoms with van der Waals surface area (Å²) in [4.78, 5) is 10.4. The van der Waals surface area contributed by atoms with Crippen LogP contribution in [0.2, 0.25) is 0 Å². The maximum Gasteiger partial charge on any atom is 0.292 e. The van der Waals surface area contributed by atoms with Crippen LogP contribution >= 0.6 is 0 Å². The molecule has 0 spiro atoms. The molecule has 94 valence electrons. The molecule has 2 rings (SSSR count). The summed E-state index contributed by atoms with van der Waals surface area (Å²) in [7, 11) is 1.86. The van der Waals surface area contributed by atoms with E-state index in [1.807, 2.05) is 13.2 Å². The van der Waals surface area contributed by atoms with Gasteiger partial charge in [0.2, 0.25) is 0 Å². The molecule has 1 aromatic heterocycles. The first-order valence-corrected chi connectivity index (χ1v) is 5.61. The van der Waals surface area contributed by atoms with Crippen molar-refractivity contribution in [3.63, 3.8) is 0 Å². The maximum absolute atomic E-state index is 10.8. The monoisotopic (exact) mass is 246 g/mol. The lowest BCUT2D eigenvalue weighted by Gasteiger charge is -2.05. The normalized spacial score (nSPS) is 10.3. The Kier molecular flexibility index (Phi) is 3.57. The number of nitro groups is 1. The fourth-order valence-electron chi connectivity index (χ4n) is 1.72. The van der Waals surface area contributed by atoms with E-state index in [1.54, 1.807) is 29.1 Å². The molecule has 1 heterocycles. The summed E-state index contributed by atoms with van der Waals surface area (Å²) in [6.07, 6.45) is 4.50. The molecule has 0 aliphatic rings. The molecule has 0 saturated carbocycles. The highest BCUT2D eigenvalue weighted by Gasteiger charge is 2.11. The first kappa shape index (κ1) is 12.1. The van der Waals surface area contributed by atoms with Gasteiger partial charge in [0.25, 0.3) is 5.69 Å². The van der Waals surface area contributed by atoms with E-state index >= 15 is 0 Å². The van der Waals surface area contributed by atoms with Gasteiger partial charge in [-0.1, -0.05) is 12.1 Å². The number of nitro benzene ring substituents is 1. The molecule has 2 aromatic rings. The molecule has 1 aromatic carbocycles. The smallest absolute Gasteiger partial charge is 0.292 e. The number of para-hydroxylation sites is 2. The van der Waals surface area contributed by atoms with E-state index < -0.39 is 0 Å². The number of nitrogens with one attached hydrogen (secondary N) is 1. The third-order valence-corrected chi connectivity index (χ3v) is 2.59. The molecule has 1 N–H and O–H groups in total. The zero-order valence-corrected chi connectivity index (χ0v) is 10.0. The van der Waals surface area contributed by atoms with Gasteiger partial charge in [-0.25, -0.2) is 0 Å². The summed E-state index contributed by atoms with van der Waals surface area (Å²) in [5.41, 5.74) is 1.75. The third-order valence-electron chi connectivity index (χ3n) is 2.59. The van der Waals surface area contributed by atoms with E-state index in [0.717, 1.165) is 12.0 Å². The third kappa shape index (κ3) is 2.85. The highest BCUT2D eigenvalue weighted by atomic mass is 16.6. The highest BCUT2D eigenvalue weighted by molar-refractivity contribution is 5.61. The number of aromatic nitrogens is 2. The lowest BCUT2D eigenvalue weighted by Crippen LogP contribution is -2.06. The zero-order chi connectivity index (χ0) is 13.0. The lowest BCUT2D eigenvalue weighted by atomic mass is 10.2. The van der Waals surface area contributed by atoms with Crippen LogP contribution in [0.4, 0.5) is 11.4 Å². The average Bonchev–Trinajstić information content (AvgIpc) is 2.75. The zero-order valence-electron chi connectivity index (χ0n) is 10.0. The maximum atomic E-state index is 10.8. The van der Waals surface area contributed by atoms with Gasteiger partial charge >= 0.3 is 0 Å². The molecule has 0 bridgehead atoms. The van der Waals surface area contributed by atoms with Crippen LogP contribution in [0, 0.1) is 10.1 Å². The van der Waals surface area contributed by atoms with Gasteiger partial charge in [-0.3, -0.25) is 14.8 Å². The minimum Gasteiger partial charge on any atom is -0.379 e. The number of rotatable bonds is 5. The molecule has 0 aliphatic carbocycles. The highest BCUT2D eigenvalue weighted by Crippen LogP contribution is 2.22. The summed E-state index contributed by atoms with van der Waals surface area (Å²) in [5, 5.41) is 18.0. The van der Waals surface area contributed by atoms with Gasteiger partial charge in [-0.05, 0) is 18.1 Å². The van der Waals surface area contributed by atoms with Crippen molar-refractivity contribution in [2.45, 2.75) is 6.42 Å². The Balaban J connectivity index is 1.96. The Hall–Kier alpha value is -2.37. The quantitative estimate of drug-likeness (QED) is 0.646. The SMILES string of the molecule is Cn1cc(CCNc2ccccc2[N+](=O)[O-])cn1. The number of hydrogen-bond acceptors (Lipinski definition) is 4. The fraction of sp³-hybridized carbons (Fsp3) is 0.250. The molecule has 0 saturated heterocycles. The number of aryl methyl sites for hydroxylation is 1. The van der Waals surface area contributed by atoms with E-state index in [9.17, 15) is 10.1 Å². The van der Waals surface area contributed by atoms with Gasteiger partial charge < -0.3 is 5.32 Å². The average molecular weight is 246 g/mol. The second kappa shape index (κ2) is 5.31. The number of nitrogens with zero attached hydrogens (tertiary/aromatic N) is 3. The van der Waals surface area contributed by atoms with Crippen molar-refractivity contribution in [1.82, 2.24) is 9.78 Å². The van der Waals surface area contributed by atoms with E-state index in [2.05, 4.69) is 10.4 Å². The van der Waals surface area contributed by atoms with Crippen molar-refractivity contribution in [1.29, 1.82) is 0 Å². The summed E-state index contributed by atoms with van der Waals surface area (Å²) in [6, 6.07) is 6.64. The van der Waals surface area contributed by atoms with Gasteiger partial charge in [-0.2, -0.15) is 5.10 Å². The Labute approximate surface area is 104 Å². The van der Waals surface area contributed by atoms with Gasteiger partial charge in [0.05, 0.1) is 11.1 Å². The van der Waals surface area contributed by atoms with Gasteiger partial charge in [0.1, 0.15) is 5.69 Å². The molecular weight excluding hydrogens is 232 g/mol. The summed E-state index contributed by atoms with van der Waals surface area (Å²) < 4.78 is 1.74. The van der Waals surface area contributed by atoms with Gasteiger partial charge in [-0.15, -0.1) is 0 Å².